The number of morpholine rings is 1. The van der Waals surface area contributed by atoms with Crippen molar-refractivity contribution in [3.8, 4) is 5.75 Å². The van der Waals surface area contributed by atoms with Gasteiger partial charge in [-0.25, -0.2) is 4.98 Å². The van der Waals surface area contributed by atoms with Gasteiger partial charge in [-0.2, -0.15) is 0 Å². The molecule has 0 bridgehead atoms. The topological polar surface area (TPSA) is 63.7 Å². The molecule has 2 aromatic rings. The van der Waals surface area contributed by atoms with Gasteiger partial charge in [-0.1, -0.05) is 11.6 Å². The van der Waals surface area contributed by atoms with Crippen LogP contribution in [0.2, 0.25) is 5.02 Å². The molecule has 1 N–H and O–H groups in total. The maximum atomic E-state index is 12.3. The van der Waals surface area contributed by atoms with Crippen molar-refractivity contribution in [2.24, 2.45) is 0 Å². The number of halogens is 1. The number of carbonyl (C=O) groups is 1. The summed E-state index contributed by atoms with van der Waals surface area (Å²) in [5.41, 5.74) is 0.947. The van der Waals surface area contributed by atoms with Gasteiger partial charge in [0.1, 0.15) is 5.75 Å². The van der Waals surface area contributed by atoms with Crippen LogP contribution < -0.4 is 10.1 Å². The minimum absolute atomic E-state index is 0.220. The number of anilines is 1. The SMILES string of the molecule is C[C@@H]1CN(Cc2csc(NC(=O)[C@@H](C)Oc3ccc(Cl)cc3)n2)C[C@@H](C)O1. The van der Waals surface area contributed by atoms with E-state index in [0.29, 0.717) is 15.9 Å². The van der Waals surface area contributed by atoms with Crippen LogP contribution in [0.15, 0.2) is 29.6 Å². The van der Waals surface area contributed by atoms with E-state index in [1.807, 2.05) is 5.38 Å². The zero-order valence-electron chi connectivity index (χ0n) is 15.6. The molecular formula is C19H24ClN3O3S. The number of amides is 1. The van der Waals surface area contributed by atoms with Crippen LogP contribution in [-0.2, 0) is 16.1 Å². The minimum atomic E-state index is -0.639. The molecule has 1 aliphatic heterocycles. The number of thiazole rings is 1. The number of hydrogen-bond acceptors (Lipinski definition) is 6. The van der Waals surface area contributed by atoms with E-state index in [-0.39, 0.29) is 18.1 Å². The van der Waals surface area contributed by atoms with Crippen molar-refractivity contribution < 1.29 is 14.3 Å². The van der Waals surface area contributed by atoms with Crippen LogP contribution in [0.5, 0.6) is 5.75 Å². The molecule has 1 saturated heterocycles. The summed E-state index contributed by atoms with van der Waals surface area (Å²) in [6.07, 6.45) is -0.200. The second-order valence-electron chi connectivity index (χ2n) is 6.80. The van der Waals surface area contributed by atoms with Gasteiger partial charge >= 0.3 is 0 Å². The molecule has 1 aromatic heterocycles. The van der Waals surface area contributed by atoms with Crippen molar-refractivity contribution in [1.82, 2.24) is 9.88 Å². The quantitative estimate of drug-likeness (QED) is 0.785. The van der Waals surface area contributed by atoms with Gasteiger partial charge in [0, 0.05) is 30.0 Å². The molecule has 3 atom stereocenters. The molecule has 6 nitrogen and oxygen atoms in total. The zero-order valence-corrected chi connectivity index (χ0v) is 17.2. The van der Waals surface area contributed by atoms with Gasteiger partial charge in [0.15, 0.2) is 11.2 Å². The molecule has 0 unspecified atom stereocenters. The van der Waals surface area contributed by atoms with Crippen molar-refractivity contribution in [2.75, 3.05) is 18.4 Å². The van der Waals surface area contributed by atoms with Crippen molar-refractivity contribution in [1.29, 1.82) is 0 Å². The van der Waals surface area contributed by atoms with E-state index >= 15 is 0 Å². The van der Waals surface area contributed by atoms with Crippen molar-refractivity contribution in [2.45, 2.75) is 45.6 Å². The summed E-state index contributed by atoms with van der Waals surface area (Å²) in [5, 5.41) is 6.00. The van der Waals surface area contributed by atoms with Gasteiger partial charge in [-0.05, 0) is 45.0 Å². The summed E-state index contributed by atoms with van der Waals surface area (Å²) in [7, 11) is 0. The van der Waals surface area contributed by atoms with Crippen LogP contribution in [0.3, 0.4) is 0 Å². The van der Waals surface area contributed by atoms with Crippen LogP contribution in [0.4, 0.5) is 5.13 Å². The average molecular weight is 410 g/mol. The van der Waals surface area contributed by atoms with Crippen LogP contribution in [-0.4, -0.2) is 47.2 Å². The predicted octanol–water partition coefficient (Wildman–Crippen LogP) is 3.81. The van der Waals surface area contributed by atoms with E-state index in [2.05, 4.69) is 29.0 Å². The highest BCUT2D eigenvalue weighted by Gasteiger charge is 2.23. The van der Waals surface area contributed by atoms with E-state index in [9.17, 15) is 4.79 Å². The van der Waals surface area contributed by atoms with Crippen molar-refractivity contribution in [3.05, 3.63) is 40.4 Å². The lowest BCUT2D eigenvalue weighted by molar-refractivity contribution is -0.122. The molecule has 1 aliphatic rings. The van der Waals surface area contributed by atoms with Gasteiger partial charge < -0.3 is 9.47 Å². The molecule has 0 aliphatic carbocycles. The zero-order chi connectivity index (χ0) is 19.4. The summed E-state index contributed by atoms with van der Waals surface area (Å²) >= 11 is 7.27. The third-order valence-corrected chi connectivity index (χ3v) is 5.22. The number of rotatable bonds is 6. The van der Waals surface area contributed by atoms with Gasteiger partial charge in [-0.15, -0.1) is 11.3 Å². The standard InChI is InChI=1S/C19H24ClN3O3S/c1-12-8-23(9-13(2)25-12)10-16-11-27-19(21-16)22-18(24)14(3)26-17-6-4-15(20)5-7-17/h4-7,11-14H,8-10H2,1-3H3,(H,21,22,24)/t12-,13-,14-/m1/s1. The van der Waals surface area contributed by atoms with Crippen LogP contribution in [0, 0.1) is 0 Å². The third-order valence-electron chi connectivity index (χ3n) is 4.16. The van der Waals surface area contributed by atoms with Crippen LogP contribution in [0.1, 0.15) is 26.5 Å². The summed E-state index contributed by atoms with van der Waals surface area (Å²) in [6, 6.07) is 6.92. The van der Waals surface area contributed by atoms with Crippen LogP contribution in [0.25, 0.3) is 0 Å². The number of ether oxygens (including phenoxy) is 2. The van der Waals surface area contributed by atoms with E-state index in [0.717, 1.165) is 25.3 Å². The second-order valence-corrected chi connectivity index (χ2v) is 8.09. The molecule has 1 aromatic carbocycles. The lowest BCUT2D eigenvalue weighted by atomic mass is 10.2. The highest BCUT2D eigenvalue weighted by Crippen LogP contribution is 2.21. The molecular weight excluding hydrogens is 386 g/mol. The Morgan fingerprint density at radius 3 is 2.70 bits per heavy atom. The lowest BCUT2D eigenvalue weighted by Gasteiger charge is -2.34. The van der Waals surface area contributed by atoms with E-state index < -0.39 is 6.10 Å². The van der Waals surface area contributed by atoms with Crippen molar-refractivity contribution in [3.63, 3.8) is 0 Å². The van der Waals surface area contributed by atoms with Gasteiger partial charge in [0.25, 0.3) is 5.91 Å². The van der Waals surface area contributed by atoms with Crippen molar-refractivity contribution >= 4 is 34.0 Å². The summed E-state index contributed by atoms with van der Waals surface area (Å²) < 4.78 is 11.4. The molecule has 1 amide bonds. The van der Waals surface area contributed by atoms with E-state index in [1.165, 1.54) is 11.3 Å². The second kappa shape index (κ2) is 9.01. The number of nitrogens with one attached hydrogen (secondary N) is 1. The Balaban J connectivity index is 1.52. The fourth-order valence-electron chi connectivity index (χ4n) is 3.06. The number of nitrogens with zero attached hydrogens (tertiary/aromatic N) is 2. The lowest BCUT2D eigenvalue weighted by Crippen LogP contribution is -2.44. The van der Waals surface area contributed by atoms with Gasteiger partial charge in [-0.3, -0.25) is 15.0 Å². The minimum Gasteiger partial charge on any atom is -0.481 e. The molecule has 3 rings (SSSR count). The summed E-state index contributed by atoms with van der Waals surface area (Å²) in [5.74, 6) is 0.358. The number of aromatic nitrogens is 1. The normalized spacial score (nSPS) is 21.6. The molecule has 0 saturated carbocycles. The summed E-state index contributed by atoms with van der Waals surface area (Å²) in [4.78, 5) is 19.2. The smallest absolute Gasteiger partial charge is 0.266 e. The molecule has 2 heterocycles. The molecule has 1 fully saturated rings. The monoisotopic (exact) mass is 409 g/mol. The molecule has 27 heavy (non-hydrogen) atoms. The number of carbonyl (C=O) groups excluding carboxylic acids is 1. The maximum Gasteiger partial charge on any atom is 0.266 e. The number of hydrogen-bond donors (Lipinski definition) is 1. The fraction of sp³-hybridized carbons (Fsp3) is 0.474. The fourth-order valence-corrected chi connectivity index (χ4v) is 3.89. The first-order chi connectivity index (χ1) is 12.9. The van der Waals surface area contributed by atoms with E-state index in [1.54, 1.807) is 31.2 Å². The first-order valence-electron chi connectivity index (χ1n) is 8.94. The Kier molecular flexibility index (Phi) is 6.70. The largest absolute Gasteiger partial charge is 0.481 e. The van der Waals surface area contributed by atoms with Gasteiger partial charge in [0.2, 0.25) is 0 Å². The average Bonchev–Trinajstić information content (AvgIpc) is 3.02. The van der Waals surface area contributed by atoms with E-state index in [4.69, 9.17) is 21.1 Å². The third kappa shape index (κ3) is 5.90. The Labute approximate surface area is 168 Å². The Morgan fingerprint density at radius 2 is 2.04 bits per heavy atom. The maximum absolute atomic E-state index is 12.3. The Morgan fingerprint density at radius 1 is 1.37 bits per heavy atom. The predicted molar refractivity (Wildman–Crippen MR) is 108 cm³/mol. The highest BCUT2D eigenvalue weighted by molar-refractivity contribution is 7.13. The molecule has 0 radical (unpaired) electrons. The first kappa shape index (κ1) is 20.1. The molecule has 8 heteroatoms. The summed E-state index contributed by atoms with van der Waals surface area (Å²) in [6.45, 7) is 8.39. The Bertz CT molecular complexity index is 758. The first-order valence-corrected chi connectivity index (χ1v) is 10.2. The molecule has 146 valence electrons. The molecule has 0 spiro atoms. The van der Waals surface area contributed by atoms with Gasteiger partial charge in [0.05, 0.1) is 17.9 Å². The number of benzene rings is 1. The van der Waals surface area contributed by atoms with Crippen LogP contribution >= 0.6 is 22.9 Å². The highest BCUT2D eigenvalue weighted by atomic mass is 35.5. The Hall–Kier alpha value is -1.67.